The van der Waals surface area contributed by atoms with Crippen molar-refractivity contribution >= 4 is 33.8 Å². The molecule has 0 saturated carbocycles. The van der Waals surface area contributed by atoms with Crippen LogP contribution in [0.4, 0.5) is 0 Å². The molecule has 0 aromatic carbocycles. The molecule has 1 atom stereocenters. The van der Waals surface area contributed by atoms with E-state index in [4.69, 9.17) is 0 Å². The fraction of sp³-hybridized carbons (Fsp3) is 0.600. The molecule has 0 aliphatic carbocycles. The van der Waals surface area contributed by atoms with Crippen LogP contribution < -0.4 is 10.0 Å². The summed E-state index contributed by atoms with van der Waals surface area (Å²) >= 11 is 1.59. The summed E-state index contributed by atoms with van der Waals surface area (Å²) in [7, 11) is -1.34. The van der Waals surface area contributed by atoms with E-state index < -0.39 is 10.0 Å². The van der Waals surface area contributed by atoms with Gasteiger partial charge in [-0.3, -0.25) is 0 Å². The average Bonchev–Trinajstić information content (AvgIpc) is 2.76. The SMILES string of the molecule is CNC(C)CNS(=O)(=O)CCc1cccs1.Cl. The van der Waals surface area contributed by atoms with Gasteiger partial charge in [-0.1, -0.05) is 6.07 Å². The molecule has 0 spiro atoms. The predicted octanol–water partition coefficient (Wildman–Crippen LogP) is 1.24. The van der Waals surface area contributed by atoms with E-state index >= 15 is 0 Å². The second-order valence-corrected chi connectivity index (χ2v) is 6.65. The number of hydrogen-bond acceptors (Lipinski definition) is 4. The van der Waals surface area contributed by atoms with Crippen molar-refractivity contribution in [1.82, 2.24) is 10.0 Å². The van der Waals surface area contributed by atoms with Gasteiger partial charge in [0, 0.05) is 17.5 Å². The summed E-state index contributed by atoms with van der Waals surface area (Å²) in [5.74, 6) is 0.157. The lowest BCUT2D eigenvalue weighted by atomic mass is 10.4. The van der Waals surface area contributed by atoms with Crippen LogP contribution in [-0.4, -0.2) is 33.8 Å². The van der Waals surface area contributed by atoms with Crippen molar-refractivity contribution in [2.45, 2.75) is 19.4 Å². The third kappa shape index (κ3) is 7.00. The van der Waals surface area contributed by atoms with Crippen molar-refractivity contribution in [2.75, 3.05) is 19.3 Å². The maximum atomic E-state index is 11.6. The monoisotopic (exact) mass is 298 g/mol. The first kappa shape index (κ1) is 16.9. The molecule has 7 heteroatoms. The van der Waals surface area contributed by atoms with E-state index in [2.05, 4.69) is 10.0 Å². The van der Waals surface area contributed by atoms with Gasteiger partial charge < -0.3 is 5.32 Å². The lowest BCUT2D eigenvalue weighted by molar-refractivity contribution is 0.554. The first-order valence-electron chi connectivity index (χ1n) is 5.20. The number of rotatable bonds is 7. The normalized spacial score (nSPS) is 13.1. The van der Waals surface area contributed by atoms with Crippen molar-refractivity contribution in [3.05, 3.63) is 22.4 Å². The highest BCUT2D eigenvalue weighted by Gasteiger charge is 2.11. The van der Waals surface area contributed by atoms with E-state index in [0.717, 1.165) is 4.88 Å². The van der Waals surface area contributed by atoms with E-state index in [0.29, 0.717) is 13.0 Å². The van der Waals surface area contributed by atoms with Crippen LogP contribution in [-0.2, 0) is 16.4 Å². The Labute approximate surface area is 113 Å². The van der Waals surface area contributed by atoms with Crippen molar-refractivity contribution in [3.8, 4) is 0 Å². The van der Waals surface area contributed by atoms with Crippen LogP contribution in [0.25, 0.3) is 0 Å². The summed E-state index contributed by atoms with van der Waals surface area (Å²) in [6, 6.07) is 4.04. The minimum Gasteiger partial charge on any atom is -0.316 e. The summed E-state index contributed by atoms with van der Waals surface area (Å²) < 4.78 is 25.8. The summed E-state index contributed by atoms with van der Waals surface area (Å²) in [5, 5.41) is 4.94. The lowest BCUT2D eigenvalue weighted by Crippen LogP contribution is -2.38. The summed E-state index contributed by atoms with van der Waals surface area (Å²) in [4.78, 5) is 1.10. The highest BCUT2D eigenvalue weighted by molar-refractivity contribution is 7.89. The predicted molar refractivity (Wildman–Crippen MR) is 75.6 cm³/mol. The molecule has 1 heterocycles. The summed E-state index contributed by atoms with van der Waals surface area (Å²) in [6.45, 7) is 2.37. The van der Waals surface area contributed by atoms with Crippen LogP contribution in [0.3, 0.4) is 0 Å². The minimum atomic E-state index is -3.15. The molecule has 2 N–H and O–H groups in total. The highest BCUT2D eigenvalue weighted by atomic mass is 35.5. The Morgan fingerprint density at radius 3 is 2.71 bits per heavy atom. The van der Waals surface area contributed by atoms with Gasteiger partial charge in [-0.05, 0) is 31.8 Å². The van der Waals surface area contributed by atoms with Gasteiger partial charge in [-0.2, -0.15) is 0 Å². The Morgan fingerprint density at radius 2 is 2.18 bits per heavy atom. The highest BCUT2D eigenvalue weighted by Crippen LogP contribution is 2.09. The summed E-state index contributed by atoms with van der Waals surface area (Å²) in [6.07, 6.45) is 0.584. The van der Waals surface area contributed by atoms with Crippen LogP contribution in [0.15, 0.2) is 17.5 Å². The smallest absolute Gasteiger partial charge is 0.212 e. The molecule has 1 aromatic rings. The Balaban J connectivity index is 0.00000256. The first-order chi connectivity index (χ1) is 7.53. The number of halogens is 1. The zero-order chi connectivity index (χ0) is 12.0. The van der Waals surface area contributed by atoms with Gasteiger partial charge in [0.25, 0.3) is 0 Å². The number of thiophene rings is 1. The Morgan fingerprint density at radius 1 is 1.47 bits per heavy atom. The van der Waals surface area contributed by atoms with Gasteiger partial charge in [0.1, 0.15) is 0 Å². The molecule has 1 unspecified atom stereocenters. The fourth-order valence-corrected chi connectivity index (χ4v) is 3.09. The third-order valence-electron chi connectivity index (χ3n) is 2.30. The average molecular weight is 299 g/mol. The molecule has 0 aliphatic heterocycles. The van der Waals surface area contributed by atoms with E-state index in [9.17, 15) is 8.42 Å². The van der Waals surface area contributed by atoms with Gasteiger partial charge in [0.2, 0.25) is 10.0 Å². The Hall–Kier alpha value is -0.140. The molecule has 0 fully saturated rings. The van der Waals surface area contributed by atoms with Gasteiger partial charge in [-0.25, -0.2) is 13.1 Å². The van der Waals surface area contributed by atoms with Gasteiger partial charge >= 0.3 is 0 Å². The topological polar surface area (TPSA) is 58.2 Å². The number of nitrogens with one attached hydrogen (secondary N) is 2. The van der Waals surface area contributed by atoms with Crippen LogP contribution in [0.5, 0.6) is 0 Å². The number of sulfonamides is 1. The van der Waals surface area contributed by atoms with E-state index in [-0.39, 0.29) is 24.2 Å². The molecule has 1 rings (SSSR count). The van der Waals surface area contributed by atoms with Crippen molar-refractivity contribution in [1.29, 1.82) is 0 Å². The van der Waals surface area contributed by atoms with E-state index in [1.807, 2.05) is 31.5 Å². The zero-order valence-electron chi connectivity index (χ0n) is 9.97. The third-order valence-corrected chi connectivity index (χ3v) is 4.58. The molecule has 0 radical (unpaired) electrons. The second-order valence-electron chi connectivity index (χ2n) is 3.69. The Kier molecular flexibility index (Phi) is 7.98. The van der Waals surface area contributed by atoms with Crippen LogP contribution in [0.2, 0.25) is 0 Å². The summed E-state index contributed by atoms with van der Waals surface area (Å²) in [5.41, 5.74) is 0. The van der Waals surface area contributed by atoms with Gasteiger partial charge in [-0.15, -0.1) is 23.7 Å². The van der Waals surface area contributed by atoms with Crippen molar-refractivity contribution < 1.29 is 8.42 Å². The molecule has 0 bridgehead atoms. The van der Waals surface area contributed by atoms with E-state index in [1.54, 1.807) is 11.3 Å². The Bertz CT molecular complexity index is 392. The zero-order valence-corrected chi connectivity index (χ0v) is 12.4. The first-order valence-corrected chi connectivity index (χ1v) is 7.73. The molecular weight excluding hydrogens is 280 g/mol. The molecule has 100 valence electrons. The second kappa shape index (κ2) is 8.05. The molecule has 0 aliphatic rings. The largest absolute Gasteiger partial charge is 0.316 e. The molecule has 0 amide bonds. The quantitative estimate of drug-likeness (QED) is 0.796. The molecule has 0 saturated heterocycles. The number of likely N-dealkylation sites (N-methyl/N-ethyl adjacent to an activating group) is 1. The molecular formula is C10H19ClN2O2S2. The molecule has 4 nitrogen and oxygen atoms in total. The molecule has 17 heavy (non-hydrogen) atoms. The van der Waals surface area contributed by atoms with Crippen LogP contribution in [0.1, 0.15) is 11.8 Å². The van der Waals surface area contributed by atoms with Gasteiger partial charge in [0.15, 0.2) is 0 Å². The van der Waals surface area contributed by atoms with Crippen molar-refractivity contribution in [2.24, 2.45) is 0 Å². The maximum absolute atomic E-state index is 11.6. The number of aryl methyl sites for hydroxylation is 1. The standard InChI is InChI=1S/C10H18N2O2S2.ClH/c1-9(11-2)8-12-16(13,14)7-5-10-4-3-6-15-10;/h3-4,6,9,11-12H,5,7-8H2,1-2H3;1H. The van der Waals surface area contributed by atoms with E-state index in [1.165, 1.54) is 0 Å². The van der Waals surface area contributed by atoms with Crippen LogP contribution >= 0.6 is 23.7 Å². The maximum Gasteiger partial charge on any atom is 0.212 e. The fourth-order valence-electron chi connectivity index (χ4n) is 1.12. The lowest BCUT2D eigenvalue weighted by Gasteiger charge is -2.11. The molecule has 1 aromatic heterocycles. The van der Waals surface area contributed by atoms with Gasteiger partial charge in [0.05, 0.1) is 5.75 Å². The van der Waals surface area contributed by atoms with Crippen LogP contribution in [0, 0.1) is 0 Å². The number of hydrogen-bond donors (Lipinski definition) is 2. The minimum absolute atomic E-state index is 0. The van der Waals surface area contributed by atoms with Crippen molar-refractivity contribution in [3.63, 3.8) is 0 Å².